The Morgan fingerprint density at radius 2 is 2.19 bits per heavy atom. The van der Waals surface area contributed by atoms with Crippen LogP contribution in [0.15, 0.2) is 22.9 Å². The molecule has 0 saturated carbocycles. The van der Waals surface area contributed by atoms with E-state index in [9.17, 15) is 4.79 Å². The minimum absolute atomic E-state index is 0.0677. The summed E-state index contributed by atoms with van der Waals surface area (Å²) in [6.07, 6.45) is 1.61. The molecule has 0 fully saturated rings. The van der Waals surface area contributed by atoms with E-state index >= 15 is 0 Å². The molecular weight excluding hydrogens is 208 g/mol. The third-order valence-corrected chi connectivity index (χ3v) is 2.23. The first kappa shape index (κ1) is 10.4. The Morgan fingerprint density at radius 1 is 1.44 bits per heavy atom. The molecule has 82 valence electrons. The van der Waals surface area contributed by atoms with E-state index in [2.05, 4.69) is 10.1 Å². The van der Waals surface area contributed by atoms with E-state index < -0.39 is 5.97 Å². The molecule has 5 nitrogen and oxygen atoms in total. The first-order valence-corrected chi connectivity index (χ1v) is 4.72. The lowest BCUT2D eigenvalue weighted by Gasteiger charge is -1.98. The number of aryl methyl sites for hydroxylation is 2. The van der Waals surface area contributed by atoms with Crippen molar-refractivity contribution >= 4 is 5.97 Å². The number of carboxylic acids is 1. The zero-order valence-corrected chi connectivity index (χ0v) is 8.89. The number of carboxylic acid groups (broad SMARTS) is 1. The van der Waals surface area contributed by atoms with E-state index in [0.29, 0.717) is 5.69 Å². The fourth-order valence-electron chi connectivity index (χ4n) is 1.46. The van der Waals surface area contributed by atoms with Gasteiger partial charge in [-0.25, -0.2) is 4.79 Å². The Morgan fingerprint density at radius 3 is 2.81 bits per heavy atom. The third kappa shape index (κ3) is 1.67. The Bertz CT molecular complexity index is 546. The van der Waals surface area contributed by atoms with Crippen LogP contribution in [0.4, 0.5) is 0 Å². The Hall–Kier alpha value is -2.17. The minimum atomic E-state index is -1.06. The molecule has 0 bridgehead atoms. The lowest BCUT2D eigenvalue weighted by Crippen LogP contribution is -2.00. The maximum absolute atomic E-state index is 11.0. The highest BCUT2D eigenvalue weighted by molar-refractivity contribution is 5.95. The fourth-order valence-corrected chi connectivity index (χ4v) is 1.46. The zero-order chi connectivity index (χ0) is 11.7. The number of carbonyl (C=O) groups is 1. The number of aromatic carboxylic acids is 1. The molecule has 0 spiro atoms. The number of pyridine rings is 1. The maximum Gasteiger partial charge on any atom is 0.341 e. The lowest BCUT2D eigenvalue weighted by atomic mass is 10.1. The first-order valence-electron chi connectivity index (χ1n) is 4.72. The van der Waals surface area contributed by atoms with Crippen LogP contribution in [-0.2, 0) is 0 Å². The van der Waals surface area contributed by atoms with E-state index in [-0.39, 0.29) is 17.0 Å². The standard InChI is InChI=1S/C11H10N2O3/c1-6-3-4-12-8(5-6)10-9(11(14)15)7(2)16-13-10/h3-5H,1-2H3,(H,14,15). The Balaban J connectivity index is 2.60. The van der Waals surface area contributed by atoms with Crippen LogP contribution in [0, 0.1) is 13.8 Å². The molecular formula is C11H10N2O3. The summed E-state index contributed by atoms with van der Waals surface area (Å²) in [5.41, 5.74) is 1.84. The van der Waals surface area contributed by atoms with E-state index in [1.54, 1.807) is 19.2 Å². The van der Waals surface area contributed by atoms with Gasteiger partial charge in [0.1, 0.15) is 17.0 Å². The second-order valence-corrected chi connectivity index (χ2v) is 3.49. The molecule has 0 atom stereocenters. The van der Waals surface area contributed by atoms with Crippen LogP contribution < -0.4 is 0 Å². The van der Waals surface area contributed by atoms with Crippen molar-refractivity contribution in [3.05, 3.63) is 35.2 Å². The molecule has 5 heteroatoms. The van der Waals surface area contributed by atoms with E-state index in [0.717, 1.165) is 5.56 Å². The van der Waals surface area contributed by atoms with Gasteiger partial charge in [-0.1, -0.05) is 5.16 Å². The largest absolute Gasteiger partial charge is 0.477 e. The fraction of sp³-hybridized carbons (Fsp3) is 0.182. The first-order chi connectivity index (χ1) is 7.59. The van der Waals surface area contributed by atoms with Crippen LogP contribution in [0.3, 0.4) is 0 Å². The average Bonchev–Trinajstić information content (AvgIpc) is 2.60. The van der Waals surface area contributed by atoms with Gasteiger partial charge in [-0.2, -0.15) is 0 Å². The maximum atomic E-state index is 11.0. The van der Waals surface area contributed by atoms with Gasteiger partial charge in [0.15, 0.2) is 0 Å². The van der Waals surface area contributed by atoms with E-state index in [1.807, 2.05) is 13.0 Å². The summed E-state index contributed by atoms with van der Waals surface area (Å²) in [5.74, 6) is -0.775. The van der Waals surface area contributed by atoms with Crippen molar-refractivity contribution in [1.82, 2.24) is 10.1 Å². The highest BCUT2D eigenvalue weighted by Gasteiger charge is 2.21. The van der Waals surface area contributed by atoms with E-state index in [4.69, 9.17) is 9.63 Å². The summed E-state index contributed by atoms with van der Waals surface area (Å²) < 4.78 is 4.88. The van der Waals surface area contributed by atoms with Crippen molar-refractivity contribution in [2.24, 2.45) is 0 Å². The zero-order valence-electron chi connectivity index (χ0n) is 8.89. The van der Waals surface area contributed by atoms with Gasteiger partial charge in [-0.05, 0) is 31.5 Å². The number of hydrogen-bond donors (Lipinski definition) is 1. The third-order valence-electron chi connectivity index (χ3n) is 2.23. The molecule has 0 amide bonds. The molecule has 0 unspecified atom stereocenters. The predicted octanol–water partition coefficient (Wildman–Crippen LogP) is 2.05. The number of aromatic nitrogens is 2. The second kappa shape index (κ2) is 3.77. The van der Waals surface area contributed by atoms with Crippen LogP contribution in [0.25, 0.3) is 11.4 Å². The van der Waals surface area contributed by atoms with Gasteiger partial charge in [-0.3, -0.25) is 4.98 Å². The van der Waals surface area contributed by atoms with Gasteiger partial charge in [0.05, 0.1) is 5.69 Å². The number of nitrogens with zero attached hydrogens (tertiary/aromatic N) is 2. The number of rotatable bonds is 2. The molecule has 1 N–H and O–H groups in total. The van der Waals surface area contributed by atoms with Crippen LogP contribution in [-0.4, -0.2) is 21.2 Å². The molecule has 2 aromatic heterocycles. The summed E-state index contributed by atoms with van der Waals surface area (Å²) in [6, 6.07) is 3.60. The van der Waals surface area contributed by atoms with Crippen molar-refractivity contribution in [2.75, 3.05) is 0 Å². The average molecular weight is 218 g/mol. The Kier molecular flexibility index (Phi) is 2.44. The minimum Gasteiger partial charge on any atom is -0.477 e. The van der Waals surface area contributed by atoms with Gasteiger partial charge < -0.3 is 9.63 Å². The van der Waals surface area contributed by atoms with Crippen LogP contribution >= 0.6 is 0 Å². The van der Waals surface area contributed by atoms with Crippen molar-refractivity contribution in [1.29, 1.82) is 0 Å². The predicted molar refractivity (Wildman–Crippen MR) is 56.2 cm³/mol. The quantitative estimate of drug-likeness (QED) is 0.834. The smallest absolute Gasteiger partial charge is 0.341 e. The summed E-state index contributed by atoms with van der Waals surface area (Å²) in [4.78, 5) is 15.1. The highest BCUT2D eigenvalue weighted by atomic mass is 16.5. The molecule has 0 aliphatic carbocycles. The summed E-state index contributed by atoms with van der Waals surface area (Å²) >= 11 is 0. The van der Waals surface area contributed by atoms with Crippen LogP contribution in [0.2, 0.25) is 0 Å². The van der Waals surface area contributed by atoms with Crippen LogP contribution in [0.5, 0.6) is 0 Å². The molecule has 0 aliphatic heterocycles. The van der Waals surface area contributed by atoms with Crippen molar-refractivity contribution in [3.63, 3.8) is 0 Å². The summed E-state index contributed by atoms with van der Waals surface area (Å²) in [7, 11) is 0. The summed E-state index contributed by atoms with van der Waals surface area (Å²) in [5, 5.41) is 12.8. The van der Waals surface area contributed by atoms with Gasteiger partial charge in [0.2, 0.25) is 0 Å². The highest BCUT2D eigenvalue weighted by Crippen LogP contribution is 2.23. The van der Waals surface area contributed by atoms with Crippen molar-refractivity contribution < 1.29 is 14.4 Å². The normalized spacial score (nSPS) is 10.4. The lowest BCUT2D eigenvalue weighted by molar-refractivity contribution is 0.0695. The van der Waals surface area contributed by atoms with Crippen LogP contribution in [0.1, 0.15) is 21.7 Å². The van der Waals surface area contributed by atoms with Crippen molar-refractivity contribution in [2.45, 2.75) is 13.8 Å². The SMILES string of the molecule is Cc1ccnc(-c2noc(C)c2C(=O)O)c1. The molecule has 0 saturated heterocycles. The Labute approximate surface area is 91.7 Å². The second-order valence-electron chi connectivity index (χ2n) is 3.49. The molecule has 0 aromatic carbocycles. The number of hydrogen-bond acceptors (Lipinski definition) is 4. The molecule has 2 rings (SSSR count). The topological polar surface area (TPSA) is 76.2 Å². The molecule has 2 heterocycles. The monoisotopic (exact) mass is 218 g/mol. The molecule has 0 aliphatic rings. The van der Waals surface area contributed by atoms with Gasteiger partial charge in [-0.15, -0.1) is 0 Å². The molecule has 16 heavy (non-hydrogen) atoms. The molecule has 2 aromatic rings. The van der Waals surface area contributed by atoms with Gasteiger partial charge >= 0.3 is 5.97 Å². The summed E-state index contributed by atoms with van der Waals surface area (Å²) in [6.45, 7) is 3.47. The van der Waals surface area contributed by atoms with Gasteiger partial charge in [0, 0.05) is 6.20 Å². The van der Waals surface area contributed by atoms with Gasteiger partial charge in [0.25, 0.3) is 0 Å². The van der Waals surface area contributed by atoms with E-state index in [1.165, 1.54) is 0 Å². The molecule has 0 radical (unpaired) electrons. The van der Waals surface area contributed by atoms with Crippen molar-refractivity contribution in [3.8, 4) is 11.4 Å².